The summed E-state index contributed by atoms with van der Waals surface area (Å²) in [6, 6.07) is 0.626. The molecule has 13 heteroatoms. The van der Waals surface area contributed by atoms with E-state index in [9.17, 15) is 32.8 Å². The van der Waals surface area contributed by atoms with Crippen molar-refractivity contribution < 1.29 is 38.0 Å². The molecule has 1 rings (SSSR count). The Kier molecular flexibility index (Phi) is 14.8. The molecule has 0 saturated carbocycles. The normalized spacial score (nSPS) is 12.6. The second kappa shape index (κ2) is 17.2. The third-order valence-electron chi connectivity index (χ3n) is 5.76. The molecule has 0 fully saturated rings. The van der Waals surface area contributed by atoms with Gasteiger partial charge in [-0.25, -0.2) is 14.3 Å². The predicted molar refractivity (Wildman–Crippen MR) is 142 cm³/mol. The first-order valence-corrected chi connectivity index (χ1v) is 13.2. The number of benzene rings is 1. The number of carbonyl (C=O) groups excluding carboxylic acids is 5. The number of nitrogens with one attached hydrogen (secondary N) is 5. The van der Waals surface area contributed by atoms with Crippen LogP contribution >= 0.6 is 0 Å². The molecule has 1 unspecified atom stereocenters. The molecule has 0 bridgehead atoms. The number of amides is 5. The van der Waals surface area contributed by atoms with E-state index in [1.165, 1.54) is 13.0 Å². The SMILES string of the molecule is C[C@H](NC(=O)C(CC(=O)NCC(C)(C)C)NC(=O)CCCCCCC(=O)NO)C(=O)NCc1ccc(F)cc1F. The van der Waals surface area contributed by atoms with Crippen molar-refractivity contribution in [3.63, 3.8) is 0 Å². The summed E-state index contributed by atoms with van der Waals surface area (Å²) in [6.45, 7) is 7.28. The molecule has 5 amide bonds. The Morgan fingerprint density at radius 2 is 1.48 bits per heavy atom. The maximum absolute atomic E-state index is 13.8. The molecule has 0 radical (unpaired) electrons. The van der Waals surface area contributed by atoms with Crippen molar-refractivity contribution in [2.24, 2.45) is 5.41 Å². The van der Waals surface area contributed by atoms with Crippen molar-refractivity contribution in [1.82, 2.24) is 26.7 Å². The number of hydrogen-bond donors (Lipinski definition) is 6. The predicted octanol–water partition coefficient (Wildman–Crippen LogP) is 1.97. The molecular formula is C27H41F2N5O6. The highest BCUT2D eigenvalue weighted by Gasteiger charge is 2.27. The first-order chi connectivity index (χ1) is 18.7. The Labute approximate surface area is 233 Å². The van der Waals surface area contributed by atoms with Crippen LogP contribution in [0.25, 0.3) is 0 Å². The summed E-state index contributed by atoms with van der Waals surface area (Å²) in [5.41, 5.74) is 1.41. The molecule has 11 nitrogen and oxygen atoms in total. The van der Waals surface area contributed by atoms with Gasteiger partial charge in [-0.1, -0.05) is 39.7 Å². The lowest BCUT2D eigenvalue weighted by molar-refractivity contribution is -0.133. The molecule has 2 atom stereocenters. The highest BCUT2D eigenvalue weighted by atomic mass is 19.1. The number of rotatable bonds is 16. The summed E-state index contributed by atoms with van der Waals surface area (Å²) in [5, 5.41) is 18.7. The van der Waals surface area contributed by atoms with Crippen LogP contribution in [0.5, 0.6) is 0 Å². The maximum Gasteiger partial charge on any atom is 0.243 e. The number of halogens is 2. The molecule has 0 heterocycles. The minimum Gasteiger partial charge on any atom is -0.355 e. The molecule has 1 aromatic carbocycles. The molecule has 6 N–H and O–H groups in total. The quantitative estimate of drug-likeness (QED) is 0.101. The summed E-state index contributed by atoms with van der Waals surface area (Å²) >= 11 is 0. The molecule has 0 saturated heterocycles. The second-order valence-corrected chi connectivity index (χ2v) is 10.8. The van der Waals surface area contributed by atoms with Gasteiger partial charge in [0.2, 0.25) is 29.5 Å². The molecule has 0 aliphatic carbocycles. The van der Waals surface area contributed by atoms with Crippen molar-refractivity contribution in [2.45, 2.75) is 91.3 Å². The van der Waals surface area contributed by atoms with Gasteiger partial charge >= 0.3 is 0 Å². The van der Waals surface area contributed by atoms with Crippen molar-refractivity contribution in [2.75, 3.05) is 6.54 Å². The standard InChI is InChI=1S/C27H41F2N5O6/c1-17(25(38)30-15-18-11-12-19(28)13-20(18)29)32-26(39)21(14-24(37)31-16-27(2,3)4)33-22(35)9-7-5-6-8-10-23(36)34-40/h11-13,17,21,40H,5-10,14-16H2,1-4H3,(H,30,38)(H,31,37)(H,32,39)(H,33,35)(H,34,36)/t17-,21?/m0/s1. The first-order valence-electron chi connectivity index (χ1n) is 13.2. The van der Waals surface area contributed by atoms with Gasteiger partial charge in [-0.3, -0.25) is 29.2 Å². The maximum atomic E-state index is 13.8. The minimum absolute atomic E-state index is 0.0607. The first kappa shape index (κ1) is 34.4. The monoisotopic (exact) mass is 569 g/mol. The summed E-state index contributed by atoms with van der Waals surface area (Å²) in [4.78, 5) is 61.5. The molecule has 0 aliphatic heterocycles. The molecule has 224 valence electrons. The van der Waals surface area contributed by atoms with Gasteiger partial charge < -0.3 is 21.3 Å². The van der Waals surface area contributed by atoms with Crippen LogP contribution in [0.4, 0.5) is 8.78 Å². The molecule has 0 aromatic heterocycles. The highest BCUT2D eigenvalue weighted by molar-refractivity contribution is 5.94. The minimum atomic E-state index is -1.24. The molecule has 0 spiro atoms. The van der Waals surface area contributed by atoms with E-state index in [-0.39, 0.29) is 36.8 Å². The van der Waals surface area contributed by atoms with E-state index in [4.69, 9.17) is 5.21 Å². The van der Waals surface area contributed by atoms with E-state index >= 15 is 0 Å². The topological polar surface area (TPSA) is 166 Å². The fourth-order valence-electron chi connectivity index (χ4n) is 3.46. The van der Waals surface area contributed by atoms with Gasteiger partial charge in [-0.05, 0) is 31.2 Å². The van der Waals surface area contributed by atoms with Crippen LogP contribution in [0, 0.1) is 17.0 Å². The number of hydrogen-bond acceptors (Lipinski definition) is 6. The third kappa shape index (κ3) is 14.5. The largest absolute Gasteiger partial charge is 0.355 e. The van der Waals surface area contributed by atoms with Crippen molar-refractivity contribution in [3.8, 4) is 0 Å². The van der Waals surface area contributed by atoms with Crippen molar-refractivity contribution in [3.05, 3.63) is 35.4 Å². The van der Waals surface area contributed by atoms with Gasteiger partial charge in [0.05, 0.1) is 6.42 Å². The van der Waals surface area contributed by atoms with Gasteiger partial charge in [-0.15, -0.1) is 0 Å². The van der Waals surface area contributed by atoms with Crippen LogP contribution in [0.2, 0.25) is 0 Å². The van der Waals surface area contributed by atoms with E-state index in [2.05, 4.69) is 21.3 Å². The Hall–Kier alpha value is -3.61. The fourth-order valence-corrected chi connectivity index (χ4v) is 3.46. The fraction of sp³-hybridized carbons (Fsp3) is 0.593. The van der Waals surface area contributed by atoms with Crippen LogP contribution in [0.15, 0.2) is 18.2 Å². The second-order valence-electron chi connectivity index (χ2n) is 10.8. The number of carbonyl (C=O) groups is 5. The van der Waals surface area contributed by atoms with E-state index in [0.717, 1.165) is 6.07 Å². The summed E-state index contributed by atoms with van der Waals surface area (Å²) in [5.74, 6) is -4.36. The summed E-state index contributed by atoms with van der Waals surface area (Å²) in [6.07, 6.45) is 2.23. The highest BCUT2D eigenvalue weighted by Crippen LogP contribution is 2.11. The average Bonchev–Trinajstić information content (AvgIpc) is 2.87. The van der Waals surface area contributed by atoms with Crippen LogP contribution in [0.1, 0.15) is 78.2 Å². The zero-order valence-corrected chi connectivity index (χ0v) is 23.5. The third-order valence-corrected chi connectivity index (χ3v) is 5.76. The van der Waals surface area contributed by atoms with Crippen molar-refractivity contribution in [1.29, 1.82) is 0 Å². The zero-order chi connectivity index (χ0) is 30.3. The lowest BCUT2D eigenvalue weighted by Crippen LogP contribution is -2.54. The molecule has 0 aliphatic rings. The van der Waals surface area contributed by atoms with E-state index in [1.54, 1.807) is 5.48 Å². The zero-order valence-electron chi connectivity index (χ0n) is 23.5. The van der Waals surface area contributed by atoms with E-state index in [1.807, 2.05) is 20.8 Å². The molecule has 40 heavy (non-hydrogen) atoms. The Morgan fingerprint density at radius 3 is 2.05 bits per heavy atom. The lowest BCUT2D eigenvalue weighted by atomic mass is 9.97. The van der Waals surface area contributed by atoms with Crippen molar-refractivity contribution >= 4 is 29.5 Å². The Morgan fingerprint density at radius 1 is 0.850 bits per heavy atom. The number of hydroxylamine groups is 1. The smallest absolute Gasteiger partial charge is 0.243 e. The van der Waals surface area contributed by atoms with Gasteiger partial charge in [0.25, 0.3) is 0 Å². The summed E-state index contributed by atoms with van der Waals surface area (Å²) < 4.78 is 26.9. The van der Waals surface area contributed by atoms with Crippen LogP contribution in [-0.2, 0) is 30.5 Å². The van der Waals surface area contributed by atoms with Gasteiger partial charge in [0, 0.05) is 37.6 Å². The van der Waals surface area contributed by atoms with E-state index in [0.29, 0.717) is 38.3 Å². The van der Waals surface area contributed by atoms with Crippen LogP contribution in [-0.4, -0.2) is 53.4 Å². The molecule has 1 aromatic rings. The van der Waals surface area contributed by atoms with Gasteiger partial charge in [0.15, 0.2) is 0 Å². The average molecular weight is 570 g/mol. The Balaban J connectivity index is 2.70. The van der Waals surface area contributed by atoms with E-state index < -0.39 is 53.3 Å². The van der Waals surface area contributed by atoms with Crippen LogP contribution in [0.3, 0.4) is 0 Å². The van der Waals surface area contributed by atoms with Gasteiger partial charge in [-0.2, -0.15) is 0 Å². The Bertz CT molecular complexity index is 1030. The lowest BCUT2D eigenvalue weighted by Gasteiger charge is -2.23. The van der Waals surface area contributed by atoms with Crippen LogP contribution < -0.4 is 26.7 Å². The molecular weight excluding hydrogens is 528 g/mol. The van der Waals surface area contributed by atoms with Gasteiger partial charge in [0.1, 0.15) is 23.7 Å². The number of unbranched alkanes of at least 4 members (excludes halogenated alkanes) is 3. The summed E-state index contributed by atoms with van der Waals surface area (Å²) in [7, 11) is 0.